The third kappa shape index (κ3) is 6.35. The molecule has 0 atom stereocenters. The number of anilines is 6. The van der Waals surface area contributed by atoms with E-state index in [4.69, 9.17) is 27.8 Å². The molecule has 7 aromatic carbocycles. The molecule has 69 heavy (non-hydrogen) atoms. The smallest absolute Gasteiger partial charge is 0.262 e. The molecule has 0 spiro atoms. The molecule has 9 aromatic rings. The number of fused-ring (bicyclic) bond motifs is 10. The maximum absolute atomic E-state index is 7.41. The second kappa shape index (κ2) is 14.5. The van der Waals surface area contributed by atoms with Crippen LogP contribution in [0.2, 0.25) is 0 Å². The average Bonchev–Trinajstić information content (AvgIpc) is 4.15. The Morgan fingerprint density at radius 1 is 0.391 bits per heavy atom. The van der Waals surface area contributed by atoms with Crippen LogP contribution in [0.25, 0.3) is 44.2 Å². The van der Waals surface area contributed by atoms with Crippen molar-refractivity contribution >= 4 is 79.6 Å². The normalized spacial score (nSPS) is 14.7. The van der Waals surface area contributed by atoms with Gasteiger partial charge >= 0.3 is 0 Å². The van der Waals surface area contributed by atoms with Crippen molar-refractivity contribution in [2.45, 2.75) is 78.6 Å². The Labute approximate surface area is 403 Å². The fourth-order valence-electron chi connectivity index (χ4n) is 10.8. The summed E-state index contributed by atoms with van der Waals surface area (Å²) in [6, 6.07) is 47.9. The van der Waals surface area contributed by atoms with Gasteiger partial charge in [0.2, 0.25) is 25.4 Å². The summed E-state index contributed by atoms with van der Waals surface area (Å²) in [6.45, 7) is 20.5. The van der Waals surface area contributed by atoms with E-state index in [-0.39, 0.29) is 36.5 Å². The molecular formula is C60H53BN2O6. The molecule has 0 aliphatic carbocycles. The lowest BCUT2D eigenvalue weighted by Crippen LogP contribution is -2.61. The molecule has 0 saturated carbocycles. The van der Waals surface area contributed by atoms with E-state index in [1.54, 1.807) is 0 Å². The summed E-state index contributed by atoms with van der Waals surface area (Å²) >= 11 is 0. The zero-order valence-electron chi connectivity index (χ0n) is 40.5. The predicted octanol–water partition coefficient (Wildman–Crippen LogP) is 13.9. The first-order valence-corrected chi connectivity index (χ1v) is 24.0. The van der Waals surface area contributed by atoms with Crippen molar-refractivity contribution in [3.05, 3.63) is 150 Å². The van der Waals surface area contributed by atoms with Crippen LogP contribution in [0.4, 0.5) is 34.5 Å². The van der Waals surface area contributed by atoms with Crippen LogP contribution in [0.15, 0.2) is 142 Å². The molecule has 8 nitrogen and oxygen atoms in total. The Morgan fingerprint density at radius 2 is 0.783 bits per heavy atom. The van der Waals surface area contributed by atoms with Crippen LogP contribution < -0.4 is 45.1 Å². The number of nitrogens with zero attached hydrogens (tertiary/aromatic N) is 2. The summed E-state index contributed by atoms with van der Waals surface area (Å²) < 4.78 is 39.5. The summed E-state index contributed by atoms with van der Waals surface area (Å²) in [5, 5.41) is 2.14. The minimum Gasteiger partial charge on any atom is -0.454 e. The SMILES string of the molecule is CC(C)(C)c1cc2c3c(c1)N(c1cc4c(cc1-c1ccccc1)OCO4)c1oc4ccc(C(C)(C)C)cc4c1B3c1c(oc3ccc(C(C)(C)C)cc13)N2c1cc2c(cc1-c1ccccc1)OCO2. The number of hydrogen-bond donors (Lipinski definition) is 0. The number of furan rings is 2. The van der Waals surface area contributed by atoms with Gasteiger partial charge in [0, 0.05) is 56.3 Å². The van der Waals surface area contributed by atoms with Crippen molar-refractivity contribution < 1.29 is 27.8 Å². The molecular weight excluding hydrogens is 855 g/mol. The minimum absolute atomic E-state index is 0.124. The summed E-state index contributed by atoms with van der Waals surface area (Å²) in [6.07, 6.45) is 0. The molecule has 342 valence electrons. The molecule has 2 aromatic heterocycles. The maximum atomic E-state index is 7.41. The van der Waals surface area contributed by atoms with Gasteiger partial charge in [-0.25, -0.2) is 0 Å². The molecule has 0 fully saturated rings. The molecule has 0 radical (unpaired) electrons. The van der Waals surface area contributed by atoms with Crippen molar-refractivity contribution in [1.29, 1.82) is 0 Å². The molecule has 13 rings (SSSR count). The second-order valence-electron chi connectivity index (χ2n) is 22.0. The summed E-state index contributed by atoms with van der Waals surface area (Å²) in [4.78, 5) is 4.73. The monoisotopic (exact) mass is 908 g/mol. The van der Waals surface area contributed by atoms with Gasteiger partial charge in [0.1, 0.15) is 11.2 Å². The van der Waals surface area contributed by atoms with Crippen LogP contribution in [0.5, 0.6) is 23.0 Å². The lowest BCUT2D eigenvalue weighted by atomic mass is 9.33. The van der Waals surface area contributed by atoms with Gasteiger partial charge in [-0.3, -0.25) is 9.80 Å². The summed E-state index contributed by atoms with van der Waals surface area (Å²) in [5.41, 5.74) is 16.0. The van der Waals surface area contributed by atoms with Gasteiger partial charge in [-0.1, -0.05) is 135 Å². The highest BCUT2D eigenvalue weighted by molar-refractivity contribution is 7.02. The van der Waals surface area contributed by atoms with E-state index in [2.05, 4.69) is 206 Å². The van der Waals surface area contributed by atoms with E-state index >= 15 is 0 Å². The highest BCUT2D eigenvalue weighted by Crippen LogP contribution is 2.55. The largest absolute Gasteiger partial charge is 0.454 e. The Kier molecular flexibility index (Phi) is 8.75. The number of rotatable bonds is 4. The Morgan fingerprint density at radius 3 is 1.17 bits per heavy atom. The first-order valence-electron chi connectivity index (χ1n) is 24.0. The topological polar surface area (TPSA) is 69.7 Å². The van der Waals surface area contributed by atoms with Crippen molar-refractivity contribution in [2.75, 3.05) is 23.4 Å². The van der Waals surface area contributed by atoms with Crippen LogP contribution >= 0.6 is 0 Å². The summed E-state index contributed by atoms with van der Waals surface area (Å²) in [7, 11) is 0. The van der Waals surface area contributed by atoms with Crippen molar-refractivity contribution in [3.63, 3.8) is 0 Å². The Balaban J connectivity index is 1.22. The van der Waals surface area contributed by atoms with Crippen LogP contribution in [-0.2, 0) is 16.2 Å². The van der Waals surface area contributed by atoms with Gasteiger partial charge < -0.3 is 27.8 Å². The molecule has 0 amide bonds. The second-order valence-corrected chi connectivity index (χ2v) is 22.0. The van der Waals surface area contributed by atoms with Crippen LogP contribution in [0.3, 0.4) is 0 Å². The fraction of sp³-hybridized carbons (Fsp3) is 0.233. The van der Waals surface area contributed by atoms with Crippen LogP contribution in [0, 0.1) is 0 Å². The zero-order valence-corrected chi connectivity index (χ0v) is 40.5. The fourth-order valence-corrected chi connectivity index (χ4v) is 10.8. The van der Waals surface area contributed by atoms with E-state index in [1.807, 2.05) is 0 Å². The van der Waals surface area contributed by atoms with Gasteiger partial charge in [0.15, 0.2) is 23.0 Å². The molecule has 4 aliphatic heterocycles. The third-order valence-electron chi connectivity index (χ3n) is 14.5. The van der Waals surface area contributed by atoms with E-state index in [9.17, 15) is 0 Å². The molecule has 4 aliphatic rings. The first kappa shape index (κ1) is 41.7. The van der Waals surface area contributed by atoms with Gasteiger partial charge in [0.25, 0.3) is 6.71 Å². The van der Waals surface area contributed by atoms with Gasteiger partial charge in [-0.15, -0.1) is 0 Å². The highest BCUT2D eigenvalue weighted by atomic mass is 16.7. The number of benzene rings is 7. The zero-order chi connectivity index (χ0) is 47.3. The Hall–Kier alpha value is -7.52. The number of hydrogen-bond acceptors (Lipinski definition) is 8. The minimum atomic E-state index is -0.308. The average molecular weight is 909 g/mol. The van der Waals surface area contributed by atoms with Gasteiger partial charge in [-0.05, 0) is 98.1 Å². The third-order valence-corrected chi connectivity index (χ3v) is 14.5. The molecule has 0 saturated heterocycles. The van der Waals surface area contributed by atoms with Crippen molar-refractivity contribution in [3.8, 4) is 45.3 Å². The molecule has 9 heteroatoms. The molecule has 6 heterocycles. The van der Waals surface area contributed by atoms with E-state index in [1.165, 1.54) is 11.1 Å². The quantitative estimate of drug-likeness (QED) is 0.162. The molecule has 0 unspecified atom stereocenters. The van der Waals surface area contributed by atoms with Gasteiger partial charge in [-0.2, -0.15) is 0 Å². The molecule has 0 N–H and O–H groups in total. The maximum Gasteiger partial charge on any atom is 0.262 e. The molecule has 0 bridgehead atoms. The van der Waals surface area contributed by atoms with Crippen LogP contribution in [0.1, 0.15) is 79.0 Å². The number of ether oxygens (including phenoxy) is 4. The lowest BCUT2D eigenvalue weighted by Gasteiger charge is -2.42. The van der Waals surface area contributed by atoms with Gasteiger partial charge in [0.05, 0.1) is 11.4 Å². The van der Waals surface area contributed by atoms with Crippen molar-refractivity contribution in [1.82, 2.24) is 0 Å². The standard InChI is InChI=1S/C60H53BN2O6/c1-58(2,3)36-20-22-47-41(24-36)53-56(68-47)62(43-30-51-49(64-32-66-51)28-39(43)34-16-12-10-13-17-34)45-26-38(60(7,8)9)27-46-55(45)61(53)54-42-25-37(59(4,5)6)21-23-48(42)69-57(54)63(46)44-31-52-50(65-33-67-52)29-40(44)35-18-14-11-15-19-35/h10-31H,32-33H2,1-9H3. The Bertz CT molecular complexity index is 3360. The highest BCUT2D eigenvalue weighted by Gasteiger charge is 2.50. The lowest BCUT2D eigenvalue weighted by molar-refractivity contribution is 0.173. The van der Waals surface area contributed by atoms with E-state index in [0.717, 1.165) is 101 Å². The van der Waals surface area contributed by atoms with E-state index < -0.39 is 0 Å². The first-order chi connectivity index (χ1) is 33.1. The van der Waals surface area contributed by atoms with E-state index in [0.29, 0.717) is 23.0 Å². The predicted molar refractivity (Wildman–Crippen MR) is 279 cm³/mol. The summed E-state index contributed by atoms with van der Waals surface area (Å²) in [5.74, 6) is 4.32. The van der Waals surface area contributed by atoms with Crippen LogP contribution in [-0.4, -0.2) is 20.3 Å². The van der Waals surface area contributed by atoms with Crippen molar-refractivity contribution in [2.24, 2.45) is 0 Å².